The maximum atomic E-state index is 12.3. The summed E-state index contributed by atoms with van der Waals surface area (Å²) >= 11 is 0. The zero-order valence-corrected chi connectivity index (χ0v) is 12.3. The third kappa shape index (κ3) is 6.74. The Morgan fingerprint density at radius 2 is 1.75 bits per heavy atom. The van der Waals surface area contributed by atoms with E-state index < -0.39 is 0 Å². The van der Waals surface area contributed by atoms with E-state index in [1.807, 2.05) is 25.1 Å². The molecule has 1 aliphatic carbocycles. The van der Waals surface area contributed by atoms with Crippen LogP contribution in [0.5, 0.6) is 0 Å². The van der Waals surface area contributed by atoms with E-state index in [-0.39, 0.29) is 5.82 Å². The average molecular weight is 272 g/mol. The molecule has 0 saturated heterocycles. The molecule has 0 fully saturated rings. The van der Waals surface area contributed by atoms with Crippen molar-refractivity contribution in [3.8, 4) is 0 Å². The largest absolute Gasteiger partial charge is 0.470 e. The normalized spacial score (nSPS) is 11.9. The smallest absolute Gasteiger partial charge is 0.126 e. The first-order valence-corrected chi connectivity index (χ1v) is 6.63. The lowest BCUT2D eigenvalue weighted by Gasteiger charge is -1.89. The van der Waals surface area contributed by atoms with Crippen LogP contribution in [-0.4, -0.2) is 0 Å². The van der Waals surface area contributed by atoms with Crippen LogP contribution < -0.4 is 0 Å². The van der Waals surface area contributed by atoms with Crippen LogP contribution in [0.25, 0.3) is 0 Å². The van der Waals surface area contributed by atoms with Gasteiger partial charge in [0, 0.05) is 0 Å². The minimum atomic E-state index is -0.132. The van der Waals surface area contributed by atoms with Crippen molar-refractivity contribution < 1.29 is 8.81 Å². The number of hydrogen-bond acceptors (Lipinski definition) is 1. The van der Waals surface area contributed by atoms with Crippen LogP contribution in [0, 0.1) is 19.7 Å². The van der Waals surface area contributed by atoms with Crippen molar-refractivity contribution in [3.63, 3.8) is 0 Å². The summed E-state index contributed by atoms with van der Waals surface area (Å²) in [6.07, 6.45) is 9.22. The number of benzene rings is 1. The van der Waals surface area contributed by atoms with Crippen molar-refractivity contribution in [1.29, 1.82) is 0 Å². The van der Waals surface area contributed by atoms with Crippen LogP contribution in [-0.2, 0) is 0 Å². The number of aryl methyl sites for hydroxylation is 2. The Hall–Kier alpha value is -2.09. The SMILES string of the molecule is CC1=CC=CC1.Cc1ccccc1F.Cc1ccco1. The lowest BCUT2D eigenvalue weighted by atomic mass is 10.2. The standard InChI is InChI=1S/C7H7F.C6H8.C5H6O/c1-6-4-2-3-5-7(6)8;1-6-4-2-3-5-6;1-5-3-2-4-6-5/h2-5H,1H3;2-4H,5H2,1H3;2-4H,1H3. The third-order valence-corrected chi connectivity index (χ3v) is 2.70. The van der Waals surface area contributed by atoms with Gasteiger partial charge in [0.2, 0.25) is 0 Å². The highest BCUT2D eigenvalue weighted by molar-refractivity contribution is 5.20. The summed E-state index contributed by atoms with van der Waals surface area (Å²) in [5, 5.41) is 0. The Balaban J connectivity index is 0.000000152. The molecule has 0 radical (unpaired) electrons. The zero-order chi connectivity index (χ0) is 14.8. The van der Waals surface area contributed by atoms with E-state index in [9.17, 15) is 4.39 Å². The highest BCUT2D eigenvalue weighted by Crippen LogP contribution is 2.06. The van der Waals surface area contributed by atoms with Gasteiger partial charge < -0.3 is 4.42 Å². The second kappa shape index (κ2) is 8.92. The molecule has 2 aromatic rings. The van der Waals surface area contributed by atoms with Gasteiger partial charge in [0.05, 0.1) is 6.26 Å². The van der Waals surface area contributed by atoms with Crippen molar-refractivity contribution in [2.75, 3.05) is 0 Å². The molecule has 0 N–H and O–H groups in total. The van der Waals surface area contributed by atoms with Crippen molar-refractivity contribution >= 4 is 0 Å². The van der Waals surface area contributed by atoms with E-state index in [2.05, 4.69) is 25.2 Å². The van der Waals surface area contributed by atoms with Crippen LogP contribution in [0.1, 0.15) is 24.7 Å². The Bertz CT molecular complexity index is 530. The summed E-state index contributed by atoms with van der Waals surface area (Å²) in [5.74, 6) is 0.836. The second-order valence-electron chi connectivity index (χ2n) is 4.62. The van der Waals surface area contributed by atoms with Crippen molar-refractivity contribution in [1.82, 2.24) is 0 Å². The quantitative estimate of drug-likeness (QED) is 0.607. The summed E-state index contributed by atoms with van der Waals surface area (Å²) in [7, 11) is 0. The predicted octanol–water partition coefficient (Wildman–Crippen LogP) is 5.61. The van der Waals surface area contributed by atoms with E-state index in [1.165, 1.54) is 18.1 Å². The highest BCUT2D eigenvalue weighted by Gasteiger charge is 1.88. The van der Waals surface area contributed by atoms with E-state index in [4.69, 9.17) is 4.42 Å². The van der Waals surface area contributed by atoms with Gasteiger partial charge in [-0.05, 0) is 51.0 Å². The lowest BCUT2D eigenvalue weighted by molar-refractivity contribution is 0.534. The van der Waals surface area contributed by atoms with Gasteiger partial charge in [-0.3, -0.25) is 0 Å². The number of allylic oxidation sites excluding steroid dienone is 4. The molecule has 1 aliphatic rings. The Morgan fingerprint density at radius 1 is 1.00 bits per heavy atom. The van der Waals surface area contributed by atoms with Crippen LogP contribution >= 0.6 is 0 Å². The van der Waals surface area contributed by atoms with Gasteiger partial charge >= 0.3 is 0 Å². The molecule has 0 spiro atoms. The number of furan rings is 1. The van der Waals surface area contributed by atoms with Crippen LogP contribution in [0.2, 0.25) is 0 Å². The number of rotatable bonds is 0. The fraction of sp³-hybridized carbons (Fsp3) is 0.222. The average Bonchev–Trinajstić information content (AvgIpc) is 3.08. The fourth-order valence-corrected chi connectivity index (χ4v) is 1.47. The topological polar surface area (TPSA) is 13.1 Å². The molecular weight excluding hydrogens is 251 g/mol. The summed E-state index contributed by atoms with van der Waals surface area (Å²) in [5.41, 5.74) is 2.17. The zero-order valence-electron chi connectivity index (χ0n) is 12.3. The molecule has 0 unspecified atom stereocenters. The van der Waals surface area contributed by atoms with Gasteiger partial charge in [0.1, 0.15) is 11.6 Å². The molecule has 0 amide bonds. The van der Waals surface area contributed by atoms with E-state index in [0.29, 0.717) is 5.56 Å². The van der Waals surface area contributed by atoms with Gasteiger partial charge in [-0.15, -0.1) is 0 Å². The van der Waals surface area contributed by atoms with Crippen LogP contribution in [0.3, 0.4) is 0 Å². The Labute approximate surface area is 120 Å². The number of hydrogen-bond donors (Lipinski definition) is 0. The molecule has 1 heterocycles. The molecule has 1 nitrogen and oxygen atoms in total. The lowest BCUT2D eigenvalue weighted by Crippen LogP contribution is -1.76. The van der Waals surface area contributed by atoms with E-state index in [0.717, 1.165) is 5.76 Å². The minimum Gasteiger partial charge on any atom is -0.470 e. The monoisotopic (exact) mass is 272 g/mol. The molecule has 1 aromatic heterocycles. The van der Waals surface area contributed by atoms with Gasteiger partial charge in [0.25, 0.3) is 0 Å². The predicted molar refractivity (Wildman–Crippen MR) is 82.1 cm³/mol. The highest BCUT2D eigenvalue weighted by atomic mass is 19.1. The van der Waals surface area contributed by atoms with Crippen molar-refractivity contribution in [3.05, 3.63) is 83.6 Å². The van der Waals surface area contributed by atoms with Gasteiger partial charge in [-0.1, -0.05) is 42.0 Å². The van der Waals surface area contributed by atoms with Gasteiger partial charge in [-0.2, -0.15) is 0 Å². The molecule has 106 valence electrons. The summed E-state index contributed by atoms with van der Waals surface area (Å²) < 4.78 is 17.2. The first-order valence-electron chi connectivity index (χ1n) is 6.63. The van der Waals surface area contributed by atoms with Crippen LogP contribution in [0.15, 0.2) is 70.9 Å². The van der Waals surface area contributed by atoms with Crippen LogP contribution in [0.4, 0.5) is 4.39 Å². The van der Waals surface area contributed by atoms with Crippen molar-refractivity contribution in [2.45, 2.75) is 27.2 Å². The Kier molecular flexibility index (Phi) is 7.12. The number of halogens is 1. The summed E-state index contributed by atoms with van der Waals surface area (Å²) in [4.78, 5) is 0. The van der Waals surface area contributed by atoms with Crippen molar-refractivity contribution in [2.24, 2.45) is 0 Å². The molecule has 2 heteroatoms. The third-order valence-electron chi connectivity index (χ3n) is 2.70. The van der Waals surface area contributed by atoms with Gasteiger partial charge in [-0.25, -0.2) is 4.39 Å². The molecule has 20 heavy (non-hydrogen) atoms. The van der Waals surface area contributed by atoms with E-state index >= 15 is 0 Å². The second-order valence-corrected chi connectivity index (χ2v) is 4.62. The molecule has 0 saturated carbocycles. The maximum Gasteiger partial charge on any atom is 0.126 e. The first kappa shape index (κ1) is 16.0. The summed E-state index contributed by atoms with van der Waals surface area (Å²) in [6, 6.07) is 10.5. The van der Waals surface area contributed by atoms with Gasteiger partial charge in [0.15, 0.2) is 0 Å². The minimum absolute atomic E-state index is 0.132. The molecule has 3 rings (SSSR count). The first-order chi connectivity index (χ1) is 9.59. The molecule has 0 bridgehead atoms. The van der Waals surface area contributed by atoms with E-state index in [1.54, 1.807) is 25.3 Å². The Morgan fingerprint density at radius 3 is 2.00 bits per heavy atom. The maximum absolute atomic E-state index is 12.3. The molecule has 0 aliphatic heterocycles. The molecule has 1 aromatic carbocycles. The molecule has 0 atom stereocenters. The molecular formula is C18H21FO. The summed E-state index contributed by atoms with van der Waals surface area (Å²) in [6.45, 7) is 5.80. The fourth-order valence-electron chi connectivity index (χ4n) is 1.47.